The SMILES string of the molecule is Cc1ccccc1-c1nc2n(c1N)CCc1ccc(Br)cc1-2. The van der Waals surface area contributed by atoms with Crippen LogP contribution in [-0.2, 0) is 13.0 Å². The van der Waals surface area contributed by atoms with Crippen LogP contribution in [0, 0.1) is 6.92 Å². The molecule has 1 aliphatic rings. The van der Waals surface area contributed by atoms with Crippen LogP contribution in [0.4, 0.5) is 5.82 Å². The van der Waals surface area contributed by atoms with Gasteiger partial charge in [-0.3, -0.25) is 0 Å². The Bertz CT molecular complexity index is 880. The Balaban J connectivity index is 1.95. The first kappa shape index (κ1) is 13.6. The molecule has 0 saturated carbocycles. The normalized spacial score (nSPS) is 12.8. The van der Waals surface area contributed by atoms with Crippen LogP contribution in [0.5, 0.6) is 0 Å². The lowest BCUT2D eigenvalue weighted by Crippen LogP contribution is -2.13. The first-order valence-corrected chi connectivity index (χ1v) is 8.15. The molecule has 0 atom stereocenters. The number of aryl methyl sites for hydroxylation is 2. The number of nitrogens with two attached hydrogens (primary N) is 1. The van der Waals surface area contributed by atoms with E-state index in [4.69, 9.17) is 10.7 Å². The highest BCUT2D eigenvalue weighted by molar-refractivity contribution is 9.10. The molecule has 2 heterocycles. The van der Waals surface area contributed by atoms with E-state index in [2.05, 4.69) is 57.8 Å². The van der Waals surface area contributed by atoms with Crippen molar-refractivity contribution in [1.29, 1.82) is 0 Å². The highest BCUT2D eigenvalue weighted by Crippen LogP contribution is 2.37. The van der Waals surface area contributed by atoms with Crippen molar-refractivity contribution >= 4 is 21.7 Å². The van der Waals surface area contributed by atoms with E-state index in [0.29, 0.717) is 0 Å². The Hall–Kier alpha value is -2.07. The summed E-state index contributed by atoms with van der Waals surface area (Å²) in [6.45, 7) is 2.98. The number of nitrogens with zero attached hydrogens (tertiary/aromatic N) is 2. The lowest BCUT2D eigenvalue weighted by atomic mass is 10.0. The number of benzene rings is 2. The van der Waals surface area contributed by atoms with E-state index in [1.807, 2.05) is 12.1 Å². The molecule has 0 unspecified atom stereocenters. The second-order valence-corrected chi connectivity index (χ2v) is 6.60. The summed E-state index contributed by atoms with van der Waals surface area (Å²) in [5, 5.41) is 0. The summed E-state index contributed by atoms with van der Waals surface area (Å²) in [6, 6.07) is 14.6. The number of fused-ring (bicyclic) bond motifs is 3. The van der Waals surface area contributed by atoms with E-state index in [1.165, 1.54) is 16.7 Å². The minimum Gasteiger partial charge on any atom is -0.383 e. The molecule has 3 nitrogen and oxygen atoms in total. The van der Waals surface area contributed by atoms with E-state index in [9.17, 15) is 0 Å². The van der Waals surface area contributed by atoms with Crippen molar-refractivity contribution in [2.75, 3.05) is 5.73 Å². The average Bonchev–Trinajstić information content (AvgIpc) is 2.85. The third-order valence-electron chi connectivity index (χ3n) is 4.32. The van der Waals surface area contributed by atoms with Crippen molar-refractivity contribution in [3.05, 3.63) is 58.1 Å². The Morgan fingerprint density at radius 1 is 1.14 bits per heavy atom. The van der Waals surface area contributed by atoms with Gasteiger partial charge in [-0.1, -0.05) is 46.3 Å². The largest absolute Gasteiger partial charge is 0.383 e. The molecule has 0 amide bonds. The maximum atomic E-state index is 6.41. The summed E-state index contributed by atoms with van der Waals surface area (Å²) in [4.78, 5) is 4.88. The topological polar surface area (TPSA) is 43.8 Å². The summed E-state index contributed by atoms with van der Waals surface area (Å²) >= 11 is 3.56. The highest BCUT2D eigenvalue weighted by atomic mass is 79.9. The second kappa shape index (κ2) is 4.99. The Morgan fingerprint density at radius 3 is 2.77 bits per heavy atom. The smallest absolute Gasteiger partial charge is 0.142 e. The zero-order chi connectivity index (χ0) is 15.3. The molecule has 0 radical (unpaired) electrons. The number of imidazole rings is 1. The number of rotatable bonds is 1. The van der Waals surface area contributed by atoms with Gasteiger partial charge in [-0.2, -0.15) is 0 Å². The summed E-state index contributed by atoms with van der Waals surface area (Å²) in [6.07, 6.45) is 0.989. The number of anilines is 1. The lowest BCUT2D eigenvalue weighted by molar-refractivity contribution is 0.691. The van der Waals surface area contributed by atoms with Gasteiger partial charge in [0.2, 0.25) is 0 Å². The van der Waals surface area contributed by atoms with E-state index >= 15 is 0 Å². The maximum absolute atomic E-state index is 6.41. The van der Waals surface area contributed by atoms with E-state index in [0.717, 1.165) is 40.3 Å². The van der Waals surface area contributed by atoms with Gasteiger partial charge in [0.05, 0.1) is 0 Å². The van der Waals surface area contributed by atoms with Crippen LogP contribution >= 0.6 is 15.9 Å². The number of hydrogen-bond acceptors (Lipinski definition) is 2. The molecule has 22 heavy (non-hydrogen) atoms. The Morgan fingerprint density at radius 2 is 1.95 bits per heavy atom. The number of halogens is 1. The predicted molar refractivity (Wildman–Crippen MR) is 93.7 cm³/mol. The zero-order valence-electron chi connectivity index (χ0n) is 12.3. The van der Waals surface area contributed by atoms with Crippen molar-refractivity contribution in [2.24, 2.45) is 0 Å². The molecular weight excluding hydrogens is 338 g/mol. The highest BCUT2D eigenvalue weighted by Gasteiger charge is 2.23. The van der Waals surface area contributed by atoms with Crippen molar-refractivity contribution in [3.63, 3.8) is 0 Å². The molecule has 4 rings (SSSR count). The van der Waals surface area contributed by atoms with Gasteiger partial charge in [-0.15, -0.1) is 0 Å². The quantitative estimate of drug-likeness (QED) is 0.703. The van der Waals surface area contributed by atoms with Crippen molar-refractivity contribution in [2.45, 2.75) is 19.9 Å². The first-order valence-electron chi connectivity index (χ1n) is 7.36. The molecule has 3 aromatic rings. The molecule has 2 N–H and O–H groups in total. The van der Waals surface area contributed by atoms with Crippen molar-refractivity contribution < 1.29 is 0 Å². The Kier molecular flexibility index (Phi) is 3.08. The molecule has 0 spiro atoms. The van der Waals surface area contributed by atoms with Crippen molar-refractivity contribution in [1.82, 2.24) is 9.55 Å². The monoisotopic (exact) mass is 353 g/mol. The average molecular weight is 354 g/mol. The molecule has 110 valence electrons. The van der Waals surface area contributed by atoms with E-state index in [1.54, 1.807) is 0 Å². The minimum atomic E-state index is 0.759. The van der Waals surface area contributed by atoms with E-state index < -0.39 is 0 Å². The molecule has 0 bridgehead atoms. The van der Waals surface area contributed by atoms with Gasteiger partial charge in [-0.05, 0) is 36.6 Å². The second-order valence-electron chi connectivity index (χ2n) is 5.69. The standard InChI is InChI=1S/C18H16BrN3/c1-11-4-2-3-5-14(11)16-17(20)22-9-8-12-6-7-13(19)10-15(12)18(22)21-16/h2-7,10H,8-9,20H2,1H3. The predicted octanol–water partition coefficient (Wildman–Crippen LogP) is 4.43. The number of aromatic nitrogens is 2. The van der Waals surface area contributed by atoms with Gasteiger partial charge >= 0.3 is 0 Å². The molecular formula is C18H16BrN3. The third-order valence-corrected chi connectivity index (χ3v) is 4.82. The fourth-order valence-corrected chi connectivity index (χ4v) is 3.50. The maximum Gasteiger partial charge on any atom is 0.142 e. The van der Waals surface area contributed by atoms with Crippen LogP contribution in [0.25, 0.3) is 22.6 Å². The molecule has 1 aromatic heterocycles. The van der Waals surface area contributed by atoms with Crippen LogP contribution < -0.4 is 5.73 Å². The molecule has 2 aromatic carbocycles. The first-order chi connectivity index (χ1) is 10.6. The van der Waals surface area contributed by atoms with Crippen LogP contribution in [0.15, 0.2) is 46.9 Å². The fraction of sp³-hybridized carbons (Fsp3) is 0.167. The van der Waals surface area contributed by atoms with Crippen LogP contribution in [0.1, 0.15) is 11.1 Å². The summed E-state index contributed by atoms with van der Waals surface area (Å²) < 4.78 is 3.20. The van der Waals surface area contributed by atoms with Gasteiger partial charge in [0.1, 0.15) is 17.3 Å². The molecule has 4 heteroatoms. The Labute approximate surface area is 137 Å². The zero-order valence-corrected chi connectivity index (χ0v) is 13.9. The summed E-state index contributed by atoms with van der Waals surface area (Å²) in [5.74, 6) is 1.73. The third kappa shape index (κ3) is 1.98. The molecule has 0 saturated heterocycles. The molecule has 0 fully saturated rings. The van der Waals surface area contributed by atoms with Crippen molar-refractivity contribution in [3.8, 4) is 22.6 Å². The van der Waals surface area contributed by atoms with Crippen LogP contribution in [-0.4, -0.2) is 9.55 Å². The summed E-state index contributed by atoms with van der Waals surface area (Å²) in [7, 11) is 0. The molecule has 0 aliphatic carbocycles. The van der Waals surface area contributed by atoms with Gasteiger partial charge in [0, 0.05) is 22.1 Å². The fourth-order valence-electron chi connectivity index (χ4n) is 3.14. The van der Waals surface area contributed by atoms with E-state index in [-0.39, 0.29) is 0 Å². The molecule has 1 aliphatic heterocycles. The minimum absolute atomic E-state index is 0.759. The van der Waals surface area contributed by atoms with Crippen LogP contribution in [0.3, 0.4) is 0 Å². The summed E-state index contributed by atoms with van der Waals surface area (Å²) in [5.41, 5.74) is 12.1. The van der Waals surface area contributed by atoms with Gasteiger partial charge < -0.3 is 10.3 Å². The number of hydrogen-bond donors (Lipinski definition) is 1. The van der Waals surface area contributed by atoms with Gasteiger partial charge in [-0.25, -0.2) is 4.98 Å². The van der Waals surface area contributed by atoms with Crippen LogP contribution in [0.2, 0.25) is 0 Å². The number of nitrogen functional groups attached to an aromatic ring is 1. The van der Waals surface area contributed by atoms with Gasteiger partial charge in [0.15, 0.2) is 0 Å². The lowest BCUT2D eigenvalue weighted by Gasteiger charge is -2.19. The van der Waals surface area contributed by atoms with Gasteiger partial charge in [0.25, 0.3) is 0 Å².